The summed E-state index contributed by atoms with van der Waals surface area (Å²) in [6.07, 6.45) is 6.00. The van der Waals surface area contributed by atoms with Gasteiger partial charge in [0.05, 0.1) is 6.61 Å². The summed E-state index contributed by atoms with van der Waals surface area (Å²) in [7, 11) is 0. The molecular formula is C27H42N4O4. The molecule has 0 atom stereocenters. The average molecular weight is 487 g/mol. The normalized spacial score (nSPS) is 18.0. The fraction of sp³-hybridized carbons (Fsp3) is 0.630. The molecule has 8 nitrogen and oxygen atoms in total. The number of hydrogen-bond acceptors (Lipinski definition) is 6. The van der Waals surface area contributed by atoms with Crippen molar-refractivity contribution in [3.63, 3.8) is 0 Å². The standard InChI is InChI=1S/C27H42N4O4/c1-19(2)21(4)29-27(35-28)31-13-9-22(10-14-31)6-5-15-34-24-7-8-25(20(3)18-24)26(32)30-23-11-16-33-17-12-23/h7-8,18-19,22-23H,4-6,9-17,28H2,1-3H3,(H,30,32). The van der Waals surface area contributed by atoms with Gasteiger partial charge in [-0.2, -0.15) is 5.90 Å². The lowest BCUT2D eigenvalue weighted by molar-refractivity contribution is 0.0696. The van der Waals surface area contributed by atoms with Gasteiger partial charge >= 0.3 is 6.02 Å². The van der Waals surface area contributed by atoms with Gasteiger partial charge in [0.15, 0.2) is 0 Å². The summed E-state index contributed by atoms with van der Waals surface area (Å²) in [6.45, 7) is 13.9. The van der Waals surface area contributed by atoms with E-state index < -0.39 is 0 Å². The van der Waals surface area contributed by atoms with E-state index in [1.807, 2.05) is 25.1 Å². The largest absolute Gasteiger partial charge is 0.494 e. The summed E-state index contributed by atoms with van der Waals surface area (Å²) in [5.41, 5.74) is 2.41. The Kier molecular flexibility index (Phi) is 10.4. The van der Waals surface area contributed by atoms with Gasteiger partial charge in [0, 0.05) is 43.6 Å². The van der Waals surface area contributed by atoms with Gasteiger partial charge in [-0.25, -0.2) is 4.99 Å². The number of nitrogens with zero attached hydrogens (tertiary/aromatic N) is 2. The maximum absolute atomic E-state index is 12.6. The predicted molar refractivity (Wildman–Crippen MR) is 138 cm³/mol. The summed E-state index contributed by atoms with van der Waals surface area (Å²) in [5, 5.41) is 3.12. The number of nitrogens with two attached hydrogens (primary N) is 1. The van der Waals surface area contributed by atoms with Gasteiger partial charge in [-0.3, -0.25) is 4.79 Å². The molecule has 1 amide bonds. The van der Waals surface area contributed by atoms with Crippen LogP contribution in [0.2, 0.25) is 0 Å². The first-order valence-corrected chi connectivity index (χ1v) is 12.9. The van der Waals surface area contributed by atoms with Crippen LogP contribution in [-0.4, -0.2) is 55.8 Å². The van der Waals surface area contributed by atoms with Crippen molar-refractivity contribution in [1.82, 2.24) is 10.2 Å². The molecule has 0 unspecified atom stereocenters. The number of amidine groups is 1. The summed E-state index contributed by atoms with van der Waals surface area (Å²) in [5.74, 6) is 7.16. The van der Waals surface area contributed by atoms with Crippen LogP contribution < -0.4 is 16.0 Å². The van der Waals surface area contributed by atoms with Gasteiger partial charge in [0.1, 0.15) is 5.75 Å². The summed E-state index contributed by atoms with van der Waals surface area (Å²) < 4.78 is 11.3. The van der Waals surface area contributed by atoms with Crippen LogP contribution in [0.5, 0.6) is 5.75 Å². The van der Waals surface area contributed by atoms with Crippen LogP contribution in [0.3, 0.4) is 0 Å². The number of aliphatic imine (C=N–C) groups is 1. The van der Waals surface area contributed by atoms with Crippen molar-refractivity contribution in [1.29, 1.82) is 0 Å². The Bertz CT molecular complexity index is 872. The average Bonchev–Trinajstić information content (AvgIpc) is 2.86. The van der Waals surface area contributed by atoms with E-state index >= 15 is 0 Å². The lowest BCUT2D eigenvalue weighted by atomic mass is 9.92. The van der Waals surface area contributed by atoms with E-state index in [4.69, 9.17) is 20.2 Å². The molecule has 8 heteroatoms. The maximum atomic E-state index is 12.6. The first-order valence-electron chi connectivity index (χ1n) is 12.9. The zero-order valence-electron chi connectivity index (χ0n) is 21.6. The van der Waals surface area contributed by atoms with E-state index in [9.17, 15) is 4.79 Å². The van der Waals surface area contributed by atoms with E-state index in [0.717, 1.165) is 68.6 Å². The third kappa shape index (κ3) is 8.25. The zero-order valence-corrected chi connectivity index (χ0v) is 21.6. The number of benzene rings is 1. The van der Waals surface area contributed by atoms with E-state index in [0.29, 0.717) is 37.3 Å². The highest BCUT2D eigenvalue weighted by atomic mass is 16.6. The molecule has 0 radical (unpaired) electrons. The highest BCUT2D eigenvalue weighted by Crippen LogP contribution is 2.24. The van der Waals surface area contributed by atoms with E-state index in [2.05, 4.69) is 35.6 Å². The molecule has 0 aromatic heterocycles. The maximum Gasteiger partial charge on any atom is 0.311 e. The molecule has 0 saturated carbocycles. The molecule has 3 N–H and O–H groups in total. The van der Waals surface area contributed by atoms with Crippen LogP contribution in [0.4, 0.5) is 0 Å². The quantitative estimate of drug-likeness (QED) is 0.235. The number of allylic oxidation sites excluding steroid dienone is 1. The molecule has 1 aromatic rings. The Morgan fingerprint density at radius 3 is 2.60 bits per heavy atom. The summed E-state index contributed by atoms with van der Waals surface area (Å²) in [6, 6.07) is 6.37. The number of carbonyl (C=O) groups excluding carboxylic acids is 1. The van der Waals surface area contributed by atoms with Crippen molar-refractivity contribution in [2.24, 2.45) is 22.7 Å². The Balaban J connectivity index is 1.37. The number of rotatable bonds is 9. The Morgan fingerprint density at radius 2 is 1.97 bits per heavy atom. The van der Waals surface area contributed by atoms with Crippen molar-refractivity contribution in [3.05, 3.63) is 41.6 Å². The van der Waals surface area contributed by atoms with Crippen LogP contribution in [0, 0.1) is 18.8 Å². The third-order valence-electron chi connectivity index (χ3n) is 6.92. The van der Waals surface area contributed by atoms with Crippen molar-refractivity contribution in [3.8, 4) is 5.75 Å². The number of likely N-dealkylation sites (tertiary alicyclic amines) is 1. The van der Waals surface area contributed by atoms with Gasteiger partial charge in [0.25, 0.3) is 5.91 Å². The number of aryl methyl sites for hydroxylation is 1. The van der Waals surface area contributed by atoms with Crippen molar-refractivity contribution in [2.45, 2.75) is 65.3 Å². The van der Waals surface area contributed by atoms with Gasteiger partial charge in [-0.05, 0) is 81.0 Å². The minimum atomic E-state index is -0.0194. The number of hydrogen-bond donors (Lipinski definition) is 2. The topological polar surface area (TPSA) is 98.4 Å². The lowest BCUT2D eigenvalue weighted by Gasteiger charge is -2.32. The number of amides is 1. The second-order valence-electron chi connectivity index (χ2n) is 9.92. The Morgan fingerprint density at radius 1 is 1.26 bits per heavy atom. The minimum absolute atomic E-state index is 0.0194. The fourth-order valence-corrected chi connectivity index (χ4v) is 4.48. The molecule has 2 aliphatic rings. The zero-order chi connectivity index (χ0) is 25.2. The molecular weight excluding hydrogens is 444 g/mol. The summed E-state index contributed by atoms with van der Waals surface area (Å²) in [4.78, 5) is 24.2. The molecule has 35 heavy (non-hydrogen) atoms. The van der Waals surface area contributed by atoms with Gasteiger partial charge in [-0.1, -0.05) is 20.4 Å². The molecule has 2 heterocycles. The van der Waals surface area contributed by atoms with Crippen LogP contribution in [-0.2, 0) is 9.57 Å². The minimum Gasteiger partial charge on any atom is -0.494 e. The lowest BCUT2D eigenvalue weighted by Crippen LogP contribution is -2.41. The van der Waals surface area contributed by atoms with Crippen molar-refractivity contribution < 1.29 is 19.1 Å². The SMILES string of the molecule is C=C(N=C(ON)N1CCC(CCCOc2ccc(C(=O)NC3CCOCC3)c(C)c2)CC1)C(C)C. The smallest absolute Gasteiger partial charge is 0.311 e. The summed E-state index contributed by atoms with van der Waals surface area (Å²) >= 11 is 0. The van der Waals surface area contributed by atoms with Gasteiger partial charge in [-0.15, -0.1) is 0 Å². The van der Waals surface area contributed by atoms with E-state index in [1.54, 1.807) is 0 Å². The molecule has 1 aromatic carbocycles. The number of nitrogens with one attached hydrogen (secondary N) is 1. The predicted octanol–water partition coefficient (Wildman–Crippen LogP) is 4.19. The highest BCUT2D eigenvalue weighted by Gasteiger charge is 2.23. The van der Waals surface area contributed by atoms with Crippen LogP contribution in [0.15, 0.2) is 35.5 Å². The number of piperidine rings is 1. The molecule has 0 bridgehead atoms. The molecule has 3 rings (SSSR count). The van der Waals surface area contributed by atoms with Crippen LogP contribution >= 0.6 is 0 Å². The van der Waals surface area contributed by atoms with Crippen molar-refractivity contribution >= 4 is 11.9 Å². The van der Waals surface area contributed by atoms with Gasteiger partial charge in [0.2, 0.25) is 0 Å². The second kappa shape index (κ2) is 13.5. The monoisotopic (exact) mass is 486 g/mol. The molecule has 0 spiro atoms. The fourth-order valence-electron chi connectivity index (χ4n) is 4.48. The third-order valence-corrected chi connectivity index (χ3v) is 6.92. The first-order chi connectivity index (χ1) is 16.9. The van der Waals surface area contributed by atoms with E-state index in [-0.39, 0.29) is 17.9 Å². The number of ether oxygens (including phenoxy) is 2. The Hall–Kier alpha value is -2.58. The van der Waals surface area contributed by atoms with E-state index in [1.165, 1.54) is 0 Å². The second-order valence-corrected chi connectivity index (χ2v) is 9.92. The first kappa shape index (κ1) is 27.0. The van der Waals surface area contributed by atoms with Gasteiger partial charge < -0.3 is 24.5 Å². The molecule has 2 aliphatic heterocycles. The highest BCUT2D eigenvalue weighted by molar-refractivity contribution is 5.96. The molecule has 2 fully saturated rings. The molecule has 194 valence electrons. The Labute approximate surface area is 209 Å². The van der Waals surface area contributed by atoms with Crippen LogP contribution in [0.25, 0.3) is 0 Å². The molecule has 0 aliphatic carbocycles. The number of carbonyl (C=O) groups is 1. The van der Waals surface area contributed by atoms with Crippen molar-refractivity contribution in [2.75, 3.05) is 32.9 Å². The molecule has 2 saturated heterocycles. The van der Waals surface area contributed by atoms with Crippen LogP contribution in [0.1, 0.15) is 68.3 Å².